The van der Waals surface area contributed by atoms with Crippen LogP contribution in [0.5, 0.6) is 0 Å². The highest BCUT2D eigenvalue weighted by molar-refractivity contribution is 7.47. The fourth-order valence-electron chi connectivity index (χ4n) is 7.76. The first-order chi connectivity index (χ1) is 37.2. The number of ether oxygens (including phenoxy) is 3. The summed E-state index contributed by atoms with van der Waals surface area (Å²) in [5.74, 6) is -1.63. The predicted octanol–water partition coefficient (Wildman–Crippen LogP) is 17.8. The molecule has 2 N–H and O–H groups in total. The van der Waals surface area contributed by atoms with Crippen LogP contribution in [0.15, 0.2) is 109 Å². The number of hydrogen-bond donors (Lipinski definition) is 2. The van der Waals surface area contributed by atoms with E-state index in [9.17, 15) is 28.9 Å². The fourth-order valence-corrected chi connectivity index (χ4v) is 8.54. The number of carbonyl (C=O) groups excluding carboxylic acids is 3. The van der Waals surface area contributed by atoms with Crippen molar-refractivity contribution in [3.63, 3.8) is 0 Å². The van der Waals surface area contributed by atoms with Crippen LogP contribution >= 0.6 is 7.82 Å². The summed E-state index contributed by atoms with van der Waals surface area (Å²) in [6.07, 6.45) is 69.4. The monoisotopic (exact) mass is 1080 g/mol. The third kappa shape index (κ3) is 54.9. The summed E-state index contributed by atoms with van der Waals surface area (Å²) < 4.78 is 39.4. The maximum atomic E-state index is 12.9. The zero-order valence-corrected chi connectivity index (χ0v) is 48.8. The van der Waals surface area contributed by atoms with E-state index in [1.807, 2.05) is 24.3 Å². The summed E-state index contributed by atoms with van der Waals surface area (Å²) in [6.45, 7) is 4.28. The predicted molar refractivity (Wildman–Crippen MR) is 316 cm³/mol. The van der Waals surface area contributed by atoms with Gasteiger partial charge in [-0.2, -0.15) is 0 Å². The van der Waals surface area contributed by atoms with Crippen LogP contribution in [0, 0.1) is 0 Å². The van der Waals surface area contributed by atoms with Gasteiger partial charge in [-0.3, -0.25) is 23.4 Å². The van der Waals surface area contributed by atoms with E-state index in [4.69, 9.17) is 23.3 Å². The summed E-state index contributed by atoms with van der Waals surface area (Å²) in [5.41, 5.74) is 0. The molecule has 0 radical (unpaired) electrons. The summed E-state index contributed by atoms with van der Waals surface area (Å²) in [4.78, 5) is 48.5. The third-order valence-corrected chi connectivity index (χ3v) is 13.2. The van der Waals surface area contributed by atoms with Crippen molar-refractivity contribution in [3.05, 3.63) is 109 Å². The zero-order chi connectivity index (χ0) is 55.5. The number of carbonyl (C=O) groups is 3. The molecule has 12 heteroatoms. The van der Waals surface area contributed by atoms with Crippen LogP contribution in [-0.2, 0) is 42.2 Å². The normalized spacial score (nSPS) is 14.1. The Kier molecular flexibility index (Phi) is 54.4. The van der Waals surface area contributed by atoms with Gasteiger partial charge in [-0.1, -0.05) is 246 Å². The van der Waals surface area contributed by atoms with E-state index >= 15 is 0 Å². The number of aliphatic hydroxyl groups excluding tert-OH is 1. The molecule has 0 aromatic heterocycles. The average Bonchev–Trinajstić information content (AvgIpc) is 3.41. The van der Waals surface area contributed by atoms with Gasteiger partial charge in [-0.15, -0.1) is 0 Å². The Hall–Kier alpha value is -3.86. The topological polar surface area (TPSA) is 155 Å². The van der Waals surface area contributed by atoms with Crippen molar-refractivity contribution in [2.45, 2.75) is 251 Å². The molecule has 0 saturated carbocycles. The number of hydrogen-bond acceptors (Lipinski definition) is 10. The molecular formula is C64H107O11P. The van der Waals surface area contributed by atoms with Gasteiger partial charge < -0.3 is 24.2 Å². The molecule has 3 atom stereocenters. The Morgan fingerprint density at radius 1 is 0.382 bits per heavy atom. The molecule has 3 unspecified atom stereocenters. The lowest BCUT2D eigenvalue weighted by Crippen LogP contribution is -2.30. The maximum absolute atomic E-state index is 12.9. The minimum Gasteiger partial charge on any atom is -0.462 e. The van der Waals surface area contributed by atoms with Gasteiger partial charge in [0, 0.05) is 19.3 Å². The van der Waals surface area contributed by atoms with Gasteiger partial charge in [0.15, 0.2) is 6.10 Å². The second-order valence-corrected chi connectivity index (χ2v) is 20.9. The number of phosphoric ester groups is 1. The number of allylic oxidation sites excluding steroid dienone is 18. The van der Waals surface area contributed by atoms with Crippen molar-refractivity contribution in [3.8, 4) is 0 Å². The van der Waals surface area contributed by atoms with Crippen molar-refractivity contribution < 1.29 is 52.2 Å². The van der Waals surface area contributed by atoms with Crippen LogP contribution in [0.1, 0.15) is 239 Å². The molecule has 0 fully saturated rings. The molecule has 0 aliphatic heterocycles. The summed E-state index contributed by atoms with van der Waals surface area (Å²) >= 11 is 0. The van der Waals surface area contributed by atoms with Gasteiger partial charge >= 0.3 is 25.7 Å². The molecule has 11 nitrogen and oxygen atoms in total. The molecule has 0 aliphatic rings. The van der Waals surface area contributed by atoms with Crippen LogP contribution in [0.2, 0.25) is 0 Å². The molecule has 0 bridgehead atoms. The van der Waals surface area contributed by atoms with Crippen molar-refractivity contribution in [1.29, 1.82) is 0 Å². The lowest BCUT2D eigenvalue weighted by molar-refractivity contribution is -0.161. The molecule has 0 amide bonds. The Morgan fingerprint density at radius 3 is 1.11 bits per heavy atom. The van der Waals surface area contributed by atoms with E-state index in [1.54, 1.807) is 0 Å². The lowest BCUT2D eigenvalue weighted by atomic mass is 10.0. The van der Waals surface area contributed by atoms with Crippen LogP contribution in [0.3, 0.4) is 0 Å². The SMILES string of the molecule is CC/C=C\C/C=C\C/C=C\C/C=C\C/C=C\CCCC(=O)OC(CO)COP(=O)(O)OCC(COC(=O)CC/C=C\C/C=C\C/C=C\C/C=C\CC)OC(=O)CCCCCCCCCCCCCCCCCCCCC. The van der Waals surface area contributed by atoms with Crippen LogP contribution in [0.4, 0.5) is 0 Å². The van der Waals surface area contributed by atoms with E-state index in [0.29, 0.717) is 25.7 Å². The molecule has 0 rings (SSSR count). The second-order valence-electron chi connectivity index (χ2n) is 19.4. The highest BCUT2D eigenvalue weighted by atomic mass is 31.2. The van der Waals surface area contributed by atoms with Crippen LogP contribution < -0.4 is 0 Å². The van der Waals surface area contributed by atoms with E-state index in [2.05, 4.69) is 106 Å². The number of unbranched alkanes of at least 4 members (excludes halogenated alkanes) is 19. The Bertz CT molecular complexity index is 1690. The number of rotatable bonds is 54. The average molecular weight is 1080 g/mol. The standard InChI is InChI=1S/C64H107O11P/c1-4-7-10-13-16-19-22-25-27-29-30-32-34-37-40-43-46-49-52-55-64(68)75-61(57-71-62(66)53-50-47-44-41-38-35-24-21-18-15-12-9-6-3)59-73-76(69,70)72-58-60(56-65)74-63(67)54-51-48-45-42-39-36-33-31-28-26-23-20-17-14-11-8-5-2/h8-9,11-12,17-18,20-21,26,28,33,35-36,38,42,44-45,47,60-61,65H,4-7,10,13-16,19,22-25,27,29-32,34,37,39-41,43,46,48-59H2,1-3H3,(H,69,70)/b11-8-,12-9-,20-17-,21-18-,28-26-,36-33-,38-35-,45-42-,47-44-. The third-order valence-electron chi connectivity index (χ3n) is 12.2. The quantitative estimate of drug-likeness (QED) is 0.0197. The van der Waals surface area contributed by atoms with E-state index in [1.165, 1.54) is 96.3 Å². The van der Waals surface area contributed by atoms with Gasteiger partial charge in [0.05, 0.1) is 19.8 Å². The van der Waals surface area contributed by atoms with Crippen molar-refractivity contribution in [2.75, 3.05) is 26.4 Å². The van der Waals surface area contributed by atoms with Crippen LogP contribution in [0.25, 0.3) is 0 Å². The van der Waals surface area contributed by atoms with E-state index in [0.717, 1.165) is 77.0 Å². The van der Waals surface area contributed by atoms with Gasteiger partial charge in [0.25, 0.3) is 0 Å². The molecular weight excluding hydrogens is 976 g/mol. The van der Waals surface area contributed by atoms with E-state index < -0.39 is 57.8 Å². The first-order valence-corrected chi connectivity index (χ1v) is 31.3. The maximum Gasteiger partial charge on any atom is 0.472 e. The second kappa shape index (κ2) is 57.3. The van der Waals surface area contributed by atoms with Crippen molar-refractivity contribution in [2.24, 2.45) is 0 Å². The molecule has 0 aromatic rings. The van der Waals surface area contributed by atoms with Crippen LogP contribution in [-0.4, -0.2) is 66.5 Å². The molecule has 0 spiro atoms. The molecule has 0 aromatic carbocycles. The van der Waals surface area contributed by atoms with Crippen molar-refractivity contribution in [1.82, 2.24) is 0 Å². The molecule has 0 aliphatic carbocycles. The zero-order valence-electron chi connectivity index (χ0n) is 47.9. The number of aliphatic hydroxyl groups is 1. The number of phosphoric acid groups is 1. The molecule has 0 saturated heterocycles. The van der Waals surface area contributed by atoms with Gasteiger partial charge in [0.1, 0.15) is 12.7 Å². The smallest absolute Gasteiger partial charge is 0.462 e. The fraction of sp³-hybridized carbons (Fsp3) is 0.672. The lowest BCUT2D eigenvalue weighted by Gasteiger charge is -2.21. The minimum absolute atomic E-state index is 0.0901. The minimum atomic E-state index is -4.78. The van der Waals surface area contributed by atoms with Gasteiger partial charge in [0.2, 0.25) is 0 Å². The summed E-state index contributed by atoms with van der Waals surface area (Å²) in [6, 6.07) is 0. The molecule has 434 valence electrons. The van der Waals surface area contributed by atoms with E-state index in [-0.39, 0.29) is 25.9 Å². The Morgan fingerprint density at radius 2 is 0.711 bits per heavy atom. The Balaban J connectivity index is 4.79. The number of esters is 3. The van der Waals surface area contributed by atoms with Gasteiger partial charge in [-0.05, 0) is 83.5 Å². The van der Waals surface area contributed by atoms with Crippen molar-refractivity contribution >= 4 is 25.7 Å². The first-order valence-electron chi connectivity index (χ1n) is 29.8. The molecule has 76 heavy (non-hydrogen) atoms. The van der Waals surface area contributed by atoms with Gasteiger partial charge in [-0.25, -0.2) is 4.57 Å². The highest BCUT2D eigenvalue weighted by Gasteiger charge is 2.28. The highest BCUT2D eigenvalue weighted by Crippen LogP contribution is 2.43. The Labute approximate surface area is 463 Å². The summed E-state index contributed by atoms with van der Waals surface area (Å²) in [7, 11) is -4.78. The summed E-state index contributed by atoms with van der Waals surface area (Å²) in [5, 5.41) is 9.81. The molecule has 0 heterocycles. The largest absolute Gasteiger partial charge is 0.472 e. The first kappa shape index (κ1) is 72.1.